The van der Waals surface area contributed by atoms with E-state index in [0.717, 1.165) is 29.6 Å². The largest absolute Gasteiger partial charge is 0.358 e. The first-order valence-electron chi connectivity index (χ1n) is 9.23. The van der Waals surface area contributed by atoms with Gasteiger partial charge in [0.2, 0.25) is 0 Å². The average Bonchev–Trinajstić information content (AvgIpc) is 2.70. The first-order valence-corrected chi connectivity index (χ1v) is 10.6. The summed E-state index contributed by atoms with van der Waals surface area (Å²) in [4.78, 5) is 2.39. The maximum Gasteiger partial charge on any atom is 0.136 e. The van der Waals surface area contributed by atoms with Crippen molar-refractivity contribution in [1.29, 1.82) is 0 Å². The predicted octanol–water partition coefficient (Wildman–Crippen LogP) is 5.89. The van der Waals surface area contributed by atoms with E-state index in [1.807, 2.05) is 11.8 Å². The average molecular weight is 370 g/mol. The van der Waals surface area contributed by atoms with Crippen LogP contribution < -0.4 is 0 Å². The van der Waals surface area contributed by atoms with Crippen LogP contribution in [0.4, 0.5) is 0 Å². The van der Waals surface area contributed by atoms with Crippen LogP contribution in [0.2, 0.25) is 0 Å². The standard InChI is InChI=1S/C22H27NS2/c1-22(19-11-5-2-6-12-19,20-13-7-3-8-14-20)15-18-25-21(24)23-16-9-4-10-17-23/h2-3,5-8,11-14H,4,9-10,15-18H2,1H3. The highest BCUT2D eigenvalue weighted by molar-refractivity contribution is 8.22. The van der Waals surface area contributed by atoms with E-state index in [0.29, 0.717) is 0 Å². The molecule has 3 rings (SSSR count). The second-order valence-corrected chi connectivity index (χ2v) is 8.70. The normalized spacial score (nSPS) is 15.2. The molecular weight excluding hydrogens is 342 g/mol. The molecule has 1 fully saturated rings. The van der Waals surface area contributed by atoms with E-state index in [9.17, 15) is 0 Å². The molecule has 0 radical (unpaired) electrons. The number of hydrogen-bond donors (Lipinski definition) is 0. The fourth-order valence-electron chi connectivity index (χ4n) is 3.58. The zero-order valence-electron chi connectivity index (χ0n) is 15.0. The summed E-state index contributed by atoms with van der Waals surface area (Å²) >= 11 is 7.54. The molecule has 0 aromatic heterocycles. The Morgan fingerprint density at radius 2 is 1.44 bits per heavy atom. The number of thiocarbonyl (C=S) groups is 1. The van der Waals surface area contributed by atoms with Crippen molar-refractivity contribution in [2.75, 3.05) is 18.8 Å². The summed E-state index contributed by atoms with van der Waals surface area (Å²) < 4.78 is 1.09. The molecule has 2 aromatic rings. The monoisotopic (exact) mass is 369 g/mol. The number of nitrogens with zero attached hydrogens (tertiary/aromatic N) is 1. The number of rotatable bonds is 5. The summed E-state index contributed by atoms with van der Waals surface area (Å²) in [6, 6.07) is 21.8. The Balaban J connectivity index is 1.69. The molecule has 0 aliphatic carbocycles. The molecule has 0 unspecified atom stereocenters. The molecule has 0 spiro atoms. The van der Waals surface area contributed by atoms with Crippen molar-refractivity contribution in [3.05, 3.63) is 71.8 Å². The van der Waals surface area contributed by atoms with Gasteiger partial charge in [-0.15, -0.1) is 0 Å². The minimum Gasteiger partial charge on any atom is -0.358 e. The molecular formula is C22H27NS2. The lowest BCUT2D eigenvalue weighted by molar-refractivity contribution is 0.352. The fourth-order valence-corrected chi connectivity index (χ4v) is 5.06. The molecule has 0 N–H and O–H groups in total. The minimum atomic E-state index is 0.0209. The number of piperidine rings is 1. The van der Waals surface area contributed by atoms with Crippen LogP contribution in [-0.4, -0.2) is 28.1 Å². The van der Waals surface area contributed by atoms with Crippen molar-refractivity contribution in [2.24, 2.45) is 0 Å². The number of hydrogen-bond acceptors (Lipinski definition) is 2. The molecule has 0 bridgehead atoms. The summed E-state index contributed by atoms with van der Waals surface area (Å²) in [7, 11) is 0. The van der Waals surface area contributed by atoms with Gasteiger partial charge in [-0.1, -0.05) is 91.6 Å². The van der Waals surface area contributed by atoms with Gasteiger partial charge < -0.3 is 4.90 Å². The summed E-state index contributed by atoms with van der Waals surface area (Å²) in [5, 5.41) is 0. The quantitative estimate of drug-likeness (QED) is 0.605. The summed E-state index contributed by atoms with van der Waals surface area (Å²) in [5.41, 5.74) is 2.78. The van der Waals surface area contributed by atoms with E-state index in [1.54, 1.807) is 0 Å². The highest BCUT2D eigenvalue weighted by Gasteiger charge is 2.28. The molecule has 1 nitrogen and oxygen atoms in total. The van der Waals surface area contributed by atoms with E-state index < -0.39 is 0 Å². The van der Waals surface area contributed by atoms with Crippen molar-refractivity contribution in [3.8, 4) is 0 Å². The van der Waals surface area contributed by atoms with Gasteiger partial charge in [0.1, 0.15) is 4.32 Å². The highest BCUT2D eigenvalue weighted by atomic mass is 32.2. The van der Waals surface area contributed by atoms with Gasteiger partial charge in [-0.3, -0.25) is 0 Å². The van der Waals surface area contributed by atoms with Crippen LogP contribution in [0.15, 0.2) is 60.7 Å². The van der Waals surface area contributed by atoms with Gasteiger partial charge in [-0.05, 0) is 36.8 Å². The van der Waals surface area contributed by atoms with Crippen molar-refractivity contribution < 1.29 is 0 Å². The smallest absolute Gasteiger partial charge is 0.136 e. The van der Waals surface area contributed by atoms with Crippen molar-refractivity contribution >= 4 is 28.3 Å². The highest BCUT2D eigenvalue weighted by Crippen LogP contribution is 2.36. The lowest BCUT2D eigenvalue weighted by Crippen LogP contribution is -2.33. The molecule has 1 saturated heterocycles. The molecule has 0 atom stereocenters. The maximum absolute atomic E-state index is 5.68. The number of likely N-dealkylation sites (tertiary alicyclic amines) is 1. The van der Waals surface area contributed by atoms with Crippen molar-refractivity contribution in [2.45, 2.75) is 38.0 Å². The van der Waals surface area contributed by atoms with Gasteiger partial charge in [0.05, 0.1) is 0 Å². The SMILES string of the molecule is CC(CCSC(=S)N1CCCCC1)(c1ccccc1)c1ccccc1. The third-order valence-corrected chi connectivity index (χ3v) is 6.79. The van der Waals surface area contributed by atoms with E-state index in [1.165, 1.54) is 30.4 Å². The molecule has 25 heavy (non-hydrogen) atoms. The third kappa shape index (κ3) is 4.65. The van der Waals surface area contributed by atoms with Crippen LogP contribution in [0.25, 0.3) is 0 Å². The Kier molecular flexibility index (Phi) is 6.55. The summed E-state index contributed by atoms with van der Waals surface area (Å²) in [5.74, 6) is 1.05. The molecule has 1 heterocycles. The molecule has 0 amide bonds. The molecule has 1 aliphatic heterocycles. The van der Waals surface area contributed by atoms with Gasteiger partial charge in [0, 0.05) is 24.3 Å². The Labute approximate surface area is 161 Å². The lowest BCUT2D eigenvalue weighted by atomic mass is 9.74. The van der Waals surface area contributed by atoms with E-state index in [4.69, 9.17) is 12.2 Å². The van der Waals surface area contributed by atoms with Crippen molar-refractivity contribution in [3.63, 3.8) is 0 Å². The first kappa shape index (κ1) is 18.5. The Bertz CT molecular complexity index is 623. The molecule has 1 aliphatic rings. The van der Waals surface area contributed by atoms with Crippen LogP contribution >= 0.6 is 24.0 Å². The Hall–Kier alpha value is -1.32. The zero-order valence-corrected chi connectivity index (χ0v) is 16.6. The predicted molar refractivity (Wildman–Crippen MR) is 114 cm³/mol. The number of thioether (sulfide) groups is 1. The van der Waals surface area contributed by atoms with Gasteiger partial charge in [-0.25, -0.2) is 0 Å². The van der Waals surface area contributed by atoms with E-state index in [2.05, 4.69) is 72.5 Å². The summed E-state index contributed by atoms with van der Waals surface area (Å²) in [6.07, 6.45) is 5.00. The first-order chi connectivity index (χ1) is 12.2. The zero-order chi connectivity index (χ0) is 17.5. The van der Waals surface area contributed by atoms with Gasteiger partial charge in [-0.2, -0.15) is 0 Å². The van der Waals surface area contributed by atoms with Crippen LogP contribution in [0.1, 0.15) is 43.7 Å². The molecule has 2 aromatic carbocycles. The van der Waals surface area contributed by atoms with Crippen LogP contribution in [0.5, 0.6) is 0 Å². The van der Waals surface area contributed by atoms with Crippen LogP contribution in [0, 0.1) is 0 Å². The third-order valence-electron chi connectivity index (χ3n) is 5.26. The van der Waals surface area contributed by atoms with Crippen molar-refractivity contribution in [1.82, 2.24) is 4.90 Å². The fraction of sp³-hybridized carbons (Fsp3) is 0.409. The Morgan fingerprint density at radius 3 is 1.96 bits per heavy atom. The molecule has 132 valence electrons. The maximum atomic E-state index is 5.68. The van der Waals surface area contributed by atoms with Gasteiger partial charge in [0.25, 0.3) is 0 Å². The van der Waals surface area contributed by atoms with Gasteiger partial charge in [0.15, 0.2) is 0 Å². The molecule has 0 saturated carbocycles. The van der Waals surface area contributed by atoms with Gasteiger partial charge >= 0.3 is 0 Å². The second-order valence-electron chi connectivity index (χ2n) is 6.98. The second kappa shape index (κ2) is 8.86. The summed E-state index contributed by atoms with van der Waals surface area (Å²) in [6.45, 7) is 4.64. The van der Waals surface area contributed by atoms with E-state index >= 15 is 0 Å². The molecule has 3 heteroatoms. The number of benzene rings is 2. The lowest BCUT2D eigenvalue weighted by Gasteiger charge is -2.32. The van der Waals surface area contributed by atoms with E-state index in [-0.39, 0.29) is 5.41 Å². The Morgan fingerprint density at radius 1 is 0.920 bits per heavy atom. The minimum absolute atomic E-state index is 0.0209. The van der Waals surface area contributed by atoms with Crippen LogP contribution in [0.3, 0.4) is 0 Å². The van der Waals surface area contributed by atoms with Crippen LogP contribution in [-0.2, 0) is 5.41 Å². The topological polar surface area (TPSA) is 3.24 Å².